The van der Waals surface area contributed by atoms with Crippen LogP contribution in [0.2, 0.25) is 0 Å². The maximum atomic E-state index is 12.5. The Kier molecular flexibility index (Phi) is 6.37. The molecule has 4 N–H and O–H groups in total. The topological polar surface area (TPSA) is 154 Å². The summed E-state index contributed by atoms with van der Waals surface area (Å²) in [6, 6.07) is 13.5. The maximum Gasteiger partial charge on any atom is 0.275 e. The van der Waals surface area contributed by atoms with Gasteiger partial charge in [-0.1, -0.05) is 24.3 Å². The average molecular weight is 444 g/mol. The van der Waals surface area contributed by atoms with Crippen LogP contribution in [-0.4, -0.2) is 42.9 Å². The molecule has 0 aliphatic rings. The number of hydrogen-bond acceptors (Lipinski definition) is 7. The van der Waals surface area contributed by atoms with E-state index >= 15 is 0 Å². The van der Waals surface area contributed by atoms with Gasteiger partial charge in [-0.25, -0.2) is 13.6 Å². The van der Waals surface area contributed by atoms with Gasteiger partial charge in [-0.05, 0) is 36.2 Å². The Morgan fingerprint density at radius 2 is 1.87 bits per heavy atom. The second-order valence-corrected chi connectivity index (χ2v) is 8.06. The van der Waals surface area contributed by atoms with Crippen molar-refractivity contribution >= 4 is 15.9 Å². The molecule has 10 nitrogen and oxygen atoms in total. The van der Waals surface area contributed by atoms with Gasteiger partial charge >= 0.3 is 0 Å². The number of nitrogens with zero attached hydrogens (tertiary/aromatic N) is 2. The van der Waals surface area contributed by atoms with E-state index in [-0.39, 0.29) is 17.1 Å². The van der Waals surface area contributed by atoms with Crippen molar-refractivity contribution in [3.8, 4) is 17.2 Å². The highest BCUT2D eigenvalue weighted by atomic mass is 32.2. The third kappa shape index (κ3) is 5.08. The van der Waals surface area contributed by atoms with Gasteiger partial charge in [-0.2, -0.15) is 9.78 Å². The highest BCUT2D eigenvalue weighted by molar-refractivity contribution is 7.89. The molecule has 0 radical (unpaired) electrons. The Morgan fingerprint density at radius 1 is 1.19 bits per heavy atom. The Morgan fingerprint density at radius 3 is 2.52 bits per heavy atom. The molecule has 0 unspecified atom stereocenters. The van der Waals surface area contributed by atoms with E-state index in [2.05, 4.69) is 10.4 Å². The van der Waals surface area contributed by atoms with Crippen molar-refractivity contribution in [2.75, 3.05) is 13.7 Å². The molecule has 162 valence electrons. The second kappa shape index (κ2) is 8.98. The Bertz CT molecular complexity index is 1270. The Labute approximate surface area is 178 Å². The molecule has 0 bridgehead atoms. The average Bonchev–Trinajstić information content (AvgIpc) is 2.73. The minimum Gasteiger partial charge on any atom is -0.505 e. The van der Waals surface area contributed by atoms with Gasteiger partial charge in [0.25, 0.3) is 11.5 Å². The normalized spacial score (nSPS) is 11.2. The standard InChI is InChI=1S/C20H20N4O6S/c1-30-17-5-3-2-4-15(17)24-18(26)12-16(25)19(23-24)20(27)22-11-10-13-6-8-14(9-7-13)31(21,28)29/h2-9,12,25H,10-11H2,1H3,(H,22,27)(H2,21,28,29). The minimum absolute atomic E-state index is 0.00648. The molecule has 31 heavy (non-hydrogen) atoms. The van der Waals surface area contributed by atoms with Crippen molar-refractivity contribution in [2.24, 2.45) is 5.14 Å². The molecule has 1 amide bonds. The van der Waals surface area contributed by atoms with Crippen molar-refractivity contribution in [1.82, 2.24) is 15.1 Å². The maximum absolute atomic E-state index is 12.5. The molecule has 0 saturated heterocycles. The van der Waals surface area contributed by atoms with Crippen LogP contribution in [0.25, 0.3) is 5.69 Å². The monoisotopic (exact) mass is 444 g/mol. The number of nitrogens with one attached hydrogen (secondary N) is 1. The van der Waals surface area contributed by atoms with E-state index in [9.17, 15) is 23.1 Å². The van der Waals surface area contributed by atoms with E-state index in [4.69, 9.17) is 9.88 Å². The largest absolute Gasteiger partial charge is 0.505 e. The first-order valence-electron chi connectivity index (χ1n) is 9.07. The van der Waals surface area contributed by atoms with E-state index < -0.39 is 27.2 Å². The van der Waals surface area contributed by atoms with Gasteiger partial charge in [0.1, 0.15) is 11.4 Å². The fourth-order valence-corrected chi connectivity index (χ4v) is 3.35. The number of rotatable bonds is 7. The number of carbonyl (C=O) groups is 1. The lowest BCUT2D eigenvalue weighted by atomic mass is 10.1. The van der Waals surface area contributed by atoms with Crippen molar-refractivity contribution in [1.29, 1.82) is 0 Å². The number of carbonyl (C=O) groups excluding carboxylic acids is 1. The fourth-order valence-electron chi connectivity index (χ4n) is 2.84. The predicted molar refractivity (Wildman–Crippen MR) is 112 cm³/mol. The van der Waals surface area contributed by atoms with Gasteiger partial charge in [0.05, 0.1) is 12.0 Å². The number of aromatic nitrogens is 2. The quantitative estimate of drug-likeness (QED) is 0.481. The van der Waals surface area contributed by atoms with Crippen LogP contribution < -0.4 is 20.8 Å². The van der Waals surface area contributed by atoms with E-state index in [0.717, 1.165) is 16.3 Å². The third-order valence-electron chi connectivity index (χ3n) is 4.39. The van der Waals surface area contributed by atoms with Gasteiger partial charge in [0.15, 0.2) is 11.4 Å². The van der Waals surface area contributed by atoms with Crippen molar-refractivity contribution in [3.05, 3.63) is 76.2 Å². The first-order valence-corrected chi connectivity index (χ1v) is 10.6. The summed E-state index contributed by atoms with van der Waals surface area (Å²) in [6.45, 7) is 0.183. The van der Waals surface area contributed by atoms with Gasteiger partial charge < -0.3 is 15.2 Å². The molecule has 0 aliphatic carbocycles. The Balaban J connectivity index is 1.75. The van der Waals surface area contributed by atoms with Gasteiger partial charge in [-0.3, -0.25) is 9.59 Å². The predicted octanol–water partition coefficient (Wildman–Crippen LogP) is 0.567. The van der Waals surface area contributed by atoms with Crippen molar-refractivity contribution in [3.63, 3.8) is 0 Å². The van der Waals surface area contributed by atoms with Gasteiger partial charge in [0.2, 0.25) is 10.0 Å². The summed E-state index contributed by atoms with van der Waals surface area (Å²) in [7, 11) is -2.33. The highest BCUT2D eigenvalue weighted by Gasteiger charge is 2.18. The number of ether oxygens (including phenoxy) is 1. The SMILES string of the molecule is COc1ccccc1-n1nc(C(=O)NCCc2ccc(S(N)(=O)=O)cc2)c(O)cc1=O. The number of benzene rings is 2. The summed E-state index contributed by atoms with van der Waals surface area (Å²) >= 11 is 0. The first-order chi connectivity index (χ1) is 14.7. The summed E-state index contributed by atoms with van der Waals surface area (Å²) in [6.07, 6.45) is 0.392. The van der Waals surface area contributed by atoms with Crippen LogP contribution in [-0.2, 0) is 16.4 Å². The number of aromatic hydroxyl groups is 1. The van der Waals surface area contributed by atoms with Crippen LogP contribution in [0.3, 0.4) is 0 Å². The molecule has 1 aromatic heterocycles. The number of para-hydroxylation sites is 2. The number of hydrogen-bond donors (Lipinski definition) is 3. The van der Waals surface area contributed by atoms with Crippen molar-refractivity contribution < 1.29 is 23.1 Å². The van der Waals surface area contributed by atoms with Crippen LogP contribution in [0.5, 0.6) is 11.5 Å². The molecule has 0 aliphatic heterocycles. The summed E-state index contributed by atoms with van der Waals surface area (Å²) < 4.78 is 28.8. The zero-order chi connectivity index (χ0) is 22.6. The van der Waals surface area contributed by atoms with Crippen LogP contribution in [0.1, 0.15) is 16.1 Å². The van der Waals surface area contributed by atoms with Crippen LogP contribution in [0.4, 0.5) is 0 Å². The number of primary sulfonamides is 1. The van der Waals surface area contributed by atoms with Crippen LogP contribution in [0, 0.1) is 0 Å². The van der Waals surface area contributed by atoms with E-state index in [0.29, 0.717) is 17.9 Å². The van der Waals surface area contributed by atoms with Gasteiger partial charge in [-0.15, -0.1) is 0 Å². The lowest BCUT2D eigenvalue weighted by Crippen LogP contribution is -2.30. The van der Waals surface area contributed by atoms with Crippen molar-refractivity contribution in [2.45, 2.75) is 11.3 Å². The molecule has 0 spiro atoms. The second-order valence-electron chi connectivity index (χ2n) is 6.49. The van der Waals surface area contributed by atoms with Gasteiger partial charge in [0, 0.05) is 12.6 Å². The smallest absolute Gasteiger partial charge is 0.275 e. The highest BCUT2D eigenvalue weighted by Crippen LogP contribution is 2.21. The summed E-state index contributed by atoms with van der Waals surface area (Å²) in [5.74, 6) is -0.856. The third-order valence-corrected chi connectivity index (χ3v) is 5.32. The molecule has 0 atom stereocenters. The van der Waals surface area contributed by atoms with Crippen LogP contribution in [0.15, 0.2) is 64.3 Å². The Hall–Kier alpha value is -3.70. The summed E-state index contributed by atoms with van der Waals surface area (Å²) in [5.41, 5.74) is 0.131. The first kappa shape index (κ1) is 22.0. The molecule has 1 heterocycles. The molecule has 11 heteroatoms. The van der Waals surface area contributed by atoms with E-state index in [1.165, 1.54) is 19.2 Å². The zero-order valence-corrected chi connectivity index (χ0v) is 17.3. The number of nitrogens with two attached hydrogens (primary N) is 1. The summed E-state index contributed by atoms with van der Waals surface area (Å²) in [4.78, 5) is 24.8. The molecule has 3 aromatic rings. The summed E-state index contributed by atoms with van der Waals surface area (Å²) in [5, 5.41) is 21.7. The minimum atomic E-state index is -3.77. The number of methoxy groups -OCH3 is 1. The van der Waals surface area contributed by atoms with E-state index in [1.54, 1.807) is 36.4 Å². The van der Waals surface area contributed by atoms with Crippen LogP contribution >= 0.6 is 0 Å². The molecular formula is C20H20N4O6S. The molecular weight excluding hydrogens is 424 g/mol. The molecule has 0 saturated carbocycles. The zero-order valence-electron chi connectivity index (χ0n) is 16.5. The fraction of sp³-hybridized carbons (Fsp3) is 0.150. The number of sulfonamides is 1. The lowest BCUT2D eigenvalue weighted by Gasteiger charge is -2.12. The molecule has 3 rings (SSSR count). The molecule has 2 aromatic carbocycles. The molecule has 0 fully saturated rings. The lowest BCUT2D eigenvalue weighted by molar-refractivity contribution is 0.0944. The number of amides is 1. The van der Waals surface area contributed by atoms with E-state index in [1.807, 2.05) is 0 Å².